The number of hydrogen-bond donors (Lipinski definition) is 0. The van der Waals surface area contributed by atoms with Crippen molar-refractivity contribution in [3.05, 3.63) is 28.5 Å². The Morgan fingerprint density at radius 1 is 1.09 bits per heavy atom. The molecule has 6 nitrogen and oxygen atoms in total. The summed E-state index contributed by atoms with van der Waals surface area (Å²) in [5.41, 5.74) is -0.865. The van der Waals surface area contributed by atoms with Crippen molar-refractivity contribution in [2.45, 2.75) is 47.1 Å². The first-order chi connectivity index (χ1) is 10.4. The topological polar surface area (TPSA) is 74.0 Å². The van der Waals surface area contributed by atoms with Gasteiger partial charge in [-0.1, -0.05) is 41.5 Å². The molecule has 0 bridgehead atoms. The standard InChI is InChI=1S/C17H28N2O4/c1-15(2,3)12-9-17(11-22-7,19(21)18-23-8)10-13(14(12)20)16(4,5)6/h9-10H,11H2,1-8H3/b19-18-. The van der Waals surface area contributed by atoms with Gasteiger partial charge < -0.3 is 14.8 Å². The third kappa shape index (κ3) is 3.99. The minimum atomic E-state index is -1.20. The molecule has 0 unspecified atom stereocenters. The number of hydroxylamine groups is 1. The Morgan fingerprint density at radius 3 is 1.83 bits per heavy atom. The fourth-order valence-corrected chi connectivity index (χ4v) is 2.56. The van der Waals surface area contributed by atoms with Gasteiger partial charge in [0.25, 0.3) is 5.54 Å². The quantitative estimate of drug-likeness (QED) is 0.451. The summed E-state index contributed by atoms with van der Waals surface area (Å²) in [5, 5.41) is 16.0. The first-order valence-corrected chi connectivity index (χ1v) is 7.61. The van der Waals surface area contributed by atoms with Crippen LogP contribution < -0.4 is 0 Å². The van der Waals surface area contributed by atoms with Crippen LogP contribution >= 0.6 is 0 Å². The van der Waals surface area contributed by atoms with Gasteiger partial charge in [-0.25, -0.2) is 0 Å². The number of hydrogen-bond acceptors (Lipinski definition) is 5. The SMILES string of the molecule is COCC1(/[N+]([O-])=N/OC)C=C(C(C)(C)C)C(=O)C(C(C)(C)C)=C1. The molecule has 0 amide bonds. The lowest BCUT2D eigenvalue weighted by Crippen LogP contribution is -2.45. The Hall–Kier alpha value is -1.69. The molecule has 1 aliphatic carbocycles. The summed E-state index contributed by atoms with van der Waals surface area (Å²) in [4.78, 5) is 18.0. The Bertz CT molecular complexity index is 526. The molecular formula is C17H28N2O4. The molecule has 0 heterocycles. The number of methoxy groups -OCH3 is 1. The minimum Gasteiger partial charge on any atom is -0.596 e. The number of ether oxygens (including phenoxy) is 1. The second-order valence-electron chi connectivity index (χ2n) is 7.91. The molecule has 0 spiro atoms. The molecule has 23 heavy (non-hydrogen) atoms. The van der Waals surface area contributed by atoms with E-state index in [0.717, 1.165) is 0 Å². The fraction of sp³-hybridized carbons (Fsp3) is 0.706. The van der Waals surface area contributed by atoms with E-state index < -0.39 is 16.4 Å². The van der Waals surface area contributed by atoms with Gasteiger partial charge in [-0.2, -0.15) is 0 Å². The van der Waals surface area contributed by atoms with Gasteiger partial charge in [-0.15, -0.1) is 0 Å². The van der Waals surface area contributed by atoms with Gasteiger partial charge in [0, 0.05) is 30.4 Å². The number of rotatable bonds is 4. The maximum atomic E-state index is 12.9. The lowest BCUT2D eigenvalue weighted by atomic mass is 9.69. The van der Waals surface area contributed by atoms with Crippen molar-refractivity contribution < 1.29 is 19.2 Å². The Labute approximate surface area is 138 Å². The van der Waals surface area contributed by atoms with E-state index in [1.807, 2.05) is 41.5 Å². The summed E-state index contributed by atoms with van der Waals surface area (Å²) < 4.78 is 5.25. The second-order valence-corrected chi connectivity index (χ2v) is 7.91. The van der Waals surface area contributed by atoms with Crippen molar-refractivity contribution in [2.24, 2.45) is 16.1 Å². The van der Waals surface area contributed by atoms with Gasteiger partial charge in [0.05, 0.1) is 0 Å². The number of nitrogens with zero attached hydrogens (tertiary/aromatic N) is 2. The summed E-state index contributed by atoms with van der Waals surface area (Å²) in [7, 11) is 2.82. The van der Waals surface area contributed by atoms with Gasteiger partial charge in [-0.05, 0) is 15.7 Å². The molecule has 0 aromatic carbocycles. The van der Waals surface area contributed by atoms with Crippen LogP contribution in [0.5, 0.6) is 0 Å². The van der Waals surface area contributed by atoms with Crippen LogP contribution in [0.25, 0.3) is 0 Å². The molecule has 0 fully saturated rings. The van der Waals surface area contributed by atoms with Gasteiger partial charge in [0.15, 0.2) is 5.78 Å². The van der Waals surface area contributed by atoms with Crippen LogP contribution in [0.4, 0.5) is 0 Å². The summed E-state index contributed by atoms with van der Waals surface area (Å²) in [6.07, 6.45) is 3.31. The molecule has 0 aromatic heterocycles. The van der Waals surface area contributed by atoms with Crippen LogP contribution in [-0.4, -0.2) is 37.0 Å². The summed E-state index contributed by atoms with van der Waals surface area (Å²) in [6, 6.07) is 0. The van der Waals surface area contributed by atoms with Crippen molar-refractivity contribution in [1.82, 2.24) is 0 Å². The zero-order chi connectivity index (χ0) is 18.1. The number of Topliss-reactive ketones (excluding diaryl/α,β-unsaturated/α-hetero) is 1. The molecular weight excluding hydrogens is 296 g/mol. The Kier molecular flexibility index (Phi) is 5.41. The smallest absolute Gasteiger partial charge is 0.263 e. The average Bonchev–Trinajstić information content (AvgIpc) is 2.38. The average molecular weight is 324 g/mol. The van der Waals surface area contributed by atoms with E-state index in [0.29, 0.717) is 16.0 Å². The van der Waals surface area contributed by atoms with Crippen molar-refractivity contribution in [3.63, 3.8) is 0 Å². The predicted octanol–water partition coefficient (Wildman–Crippen LogP) is 3.42. The molecule has 0 N–H and O–H groups in total. The third-order valence-corrected chi connectivity index (χ3v) is 3.78. The van der Waals surface area contributed by atoms with E-state index >= 15 is 0 Å². The zero-order valence-electron chi connectivity index (χ0n) is 15.4. The maximum absolute atomic E-state index is 12.9. The number of allylic oxidation sites excluding steroid dienone is 2. The van der Waals surface area contributed by atoms with E-state index in [1.54, 1.807) is 12.2 Å². The highest BCUT2D eigenvalue weighted by atomic mass is 16.7. The molecule has 130 valence electrons. The van der Waals surface area contributed by atoms with E-state index in [2.05, 4.69) is 10.1 Å². The van der Waals surface area contributed by atoms with Gasteiger partial charge in [-0.3, -0.25) is 4.79 Å². The monoisotopic (exact) mass is 324 g/mol. The molecule has 1 rings (SSSR count). The first-order valence-electron chi connectivity index (χ1n) is 7.61. The molecule has 0 saturated carbocycles. The van der Waals surface area contributed by atoms with Crippen LogP contribution in [0.2, 0.25) is 0 Å². The van der Waals surface area contributed by atoms with Crippen LogP contribution in [0.1, 0.15) is 41.5 Å². The van der Waals surface area contributed by atoms with Crippen molar-refractivity contribution in [1.29, 1.82) is 0 Å². The van der Waals surface area contributed by atoms with E-state index in [4.69, 9.17) is 4.74 Å². The minimum absolute atomic E-state index is 0.0393. The largest absolute Gasteiger partial charge is 0.596 e. The van der Waals surface area contributed by atoms with Gasteiger partial charge >= 0.3 is 0 Å². The van der Waals surface area contributed by atoms with Crippen molar-refractivity contribution >= 4 is 5.78 Å². The summed E-state index contributed by atoms with van der Waals surface area (Å²) >= 11 is 0. The highest BCUT2D eigenvalue weighted by Crippen LogP contribution is 2.41. The van der Waals surface area contributed by atoms with E-state index in [1.165, 1.54) is 14.2 Å². The second kappa shape index (κ2) is 6.43. The first kappa shape index (κ1) is 19.4. The van der Waals surface area contributed by atoms with Crippen molar-refractivity contribution in [3.8, 4) is 0 Å². The van der Waals surface area contributed by atoms with E-state index in [-0.39, 0.29) is 12.4 Å². The maximum Gasteiger partial charge on any atom is 0.263 e. The van der Waals surface area contributed by atoms with Crippen LogP contribution in [0.15, 0.2) is 28.6 Å². The molecule has 0 aromatic rings. The highest BCUT2D eigenvalue weighted by molar-refractivity contribution is 6.11. The summed E-state index contributed by atoms with van der Waals surface area (Å²) in [6.45, 7) is 11.7. The molecule has 6 heteroatoms. The molecule has 1 aliphatic rings. The molecule has 0 atom stereocenters. The molecule has 0 radical (unpaired) electrons. The predicted molar refractivity (Wildman–Crippen MR) is 87.8 cm³/mol. The highest BCUT2D eigenvalue weighted by Gasteiger charge is 2.47. The fourth-order valence-electron chi connectivity index (χ4n) is 2.56. The van der Waals surface area contributed by atoms with Crippen LogP contribution in [0, 0.1) is 16.0 Å². The Morgan fingerprint density at radius 2 is 1.52 bits per heavy atom. The van der Waals surface area contributed by atoms with Crippen LogP contribution in [0.3, 0.4) is 0 Å². The molecule has 0 saturated heterocycles. The number of ketones is 1. The number of carbonyl (C=O) groups excluding carboxylic acids is 1. The van der Waals surface area contributed by atoms with E-state index in [9.17, 15) is 10.0 Å². The zero-order valence-corrected chi connectivity index (χ0v) is 15.4. The Balaban J connectivity index is 3.69. The normalized spacial score (nSPS) is 19.3. The molecule has 0 aliphatic heterocycles. The van der Waals surface area contributed by atoms with Crippen molar-refractivity contribution in [2.75, 3.05) is 20.8 Å². The van der Waals surface area contributed by atoms with Gasteiger partial charge in [0.2, 0.25) is 5.28 Å². The third-order valence-electron chi connectivity index (χ3n) is 3.78. The summed E-state index contributed by atoms with van der Waals surface area (Å²) in [5.74, 6) is -0.0393. The lowest BCUT2D eigenvalue weighted by molar-refractivity contribution is -0.611. The number of carbonyl (C=O) groups is 1. The van der Waals surface area contributed by atoms with Crippen LogP contribution in [-0.2, 0) is 14.4 Å². The van der Waals surface area contributed by atoms with Gasteiger partial charge in [0.1, 0.15) is 13.7 Å². The lowest BCUT2D eigenvalue weighted by Gasteiger charge is -2.35.